The molecular formula is C16H12Cl4N2O2. The first-order chi connectivity index (χ1) is 11.3. The molecule has 0 unspecified atom stereocenters. The Morgan fingerprint density at radius 2 is 1.50 bits per heavy atom. The number of benzene rings is 2. The van der Waals surface area contributed by atoms with E-state index in [-0.39, 0.29) is 6.42 Å². The molecule has 0 heterocycles. The lowest BCUT2D eigenvalue weighted by Crippen LogP contribution is -2.30. The molecule has 0 aliphatic heterocycles. The van der Waals surface area contributed by atoms with Crippen LogP contribution in [-0.2, 0) is 9.59 Å². The lowest BCUT2D eigenvalue weighted by atomic mass is 10.2. The Morgan fingerprint density at radius 3 is 2.08 bits per heavy atom. The quantitative estimate of drug-likeness (QED) is 0.702. The van der Waals surface area contributed by atoms with Gasteiger partial charge in [0.25, 0.3) is 0 Å². The molecule has 8 heteroatoms. The van der Waals surface area contributed by atoms with Crippen molar-refractivity contribution in [3.8, 4) is 0 Å². The molecular weight excluding hydrogens is 394 g/mol. The highest BCUT2D eigenvalue weighted by molar-refractivity contribution is 6.42. The van der Waals surface area contributed by atoms with Gasteiger partial charge in [-0.1, -0.05) is 46.4 Å². The Hall–Kier alpha value is -1.46. The van der Waals surface area contributed by atoms with Crippen molar-refractivity contribution in [2.45, 2.75) is 6.42 Å². The van der Waals surface area contributed by atoms with Crippen LogP contribution in [0.25, 0.3) is 0 Å². The second-order valence-electron chi connectivity index (χ2n) is 4.91. The van der Waals surface area contributed by atoms with Gasteiger partial charge in [-0.15, -0.1) is 0 Å². The number of hydrogen-bond donors (Lipinski definition) is 1. The SMILES string of the molecule is CN(C(=O)CC(=O)Nc1ccc(Cl)c(Cl)c1)c1ccc(Cl)c(Cl)c1. The van der Waals surface area contributed by atoms with E-state index in [0.29, 0.717) is 31.5 Å². The van der Waals surface area contributed by atoms with E-state index in [0.717, 1.165) is 0 Å². The predicted octanol–water partition coefficient (Wildman–Crippen LogP) is 5.29. The van der Waals surface area contributed by atoms with Crippen LogP contribution < -0.4 is 10.2 Å². The van der Waals surface area contributed by atoms with Gasteiger partial charge in [-0.3, -0.25) is 9.59 Å². The van der Waals surface area contributed by atoms with E-state index in [4.69, 9.17) is 46.4 Å². The highest BCUT2D eigenvalue weighted by Crippen LogP contribution is 2.27. The fraction of sp³-hybridized carbons (Fsp3) is 0.125. The van der Waals surface area contributed by atoms with Crippen LogP contribution in [0.3, 0.4) is 0 Å². The maximum Gasteiger partial charge on any atom is 0.236 e. The first-order valence-corrected chi connectivity index (χ1v) is 8.25. The molecule has 0 aromatic heterocycles. The van der Waals surface area contributed by atoms with Gasteiger partial charge in [-0.05, 0) is 36.4 Å². The molecule has 0 fully saturated rings. The number of nitrogens with one attached hydrogen (secondary N) is 1. The molecule has 2 aromatic rings. The third-order valence-electron chi connectivity index (χ3n) is 3.18. The minimum atomic E-state index is -0.467. The van der Waals surface area contributed by atoms with E-state index < -0.39 is 11.8 Å². The third-order valence-corrected chi connectivity index (χ3v) is 4.66. The van der Waals surface area contributed by atoms with Crippen LogP contribution in [-0.4, -0.2) is 18.9 Å². The topological polar surface area (TPSA) is 49.4 Å². The van der Waals surface area contributed by atoms with Gasteiger partial charge in [-0.25, -0.2) is 0 Å². The zero-order chi connectivity index (χ0) is 17.9. The Bertz CT molecular complexity index is 796. The fourth-order valence-corrected chi connectivity index (χ4v) is 2.46. The monoisotopic (exact) mass is 404 g/mol. The van der Waals surface area contributed by atoms with E-state index >= 15 is 0 Å². The third kappa shape index (κ3) is 4.77. The van der Waals surface area contributed by atoms with E-state index in [1.165, 1.54) is 11.0 Å². The number of amides is 2. The van der Waals surface area contributed by atoms with Gasteiger partial charge in [0.05, 0.1) is 20.1 Å². The highest BCUT2D eigenvalue weighted by Gasteiger charge is 2.16. The molecule has 0 radical (unpaired) electrons. The van der Waals surface area contributed by atoms with E-state index in [9.17, 15) is 9.59 Å². The smallest absolute Gasteiger partial charge is 0.236 e. The largest absolute Gasteiger partial charge is 0.326 e. The van der Waals surface area contributed by atoms with Crippen molar-refractivity contribution in [3.63, 3.8) is 0 Å². The molecule has 0 aliphatic rings. The van der Waals surface area contributed by atoms with Crippen molar-refractivity contribution in [2.24, 2.45) is 0 Å². The summed E-state index contributed by atoms with van der Waals surface area (Å²) < 4.78 is 0. The van der Waals surface area contributed by atoms with Crippen molar-refractivity contribution >= 4 is 69.6 Å². The van der Waals surface area contributed by atoms with Gasteiger partial charge < -0.3 is 10.2 Å². The summed E-state index contributed by atoms with van der Waals surface area (Å²) in [6.07, 6.45) is -0.336. The molecule has 2 rings (SSSR count). The molecule has 126 valence electrons. The summed E-state index contributed by atoms with van der Waals surface area (Å²) in [6, 6.07) is 9.44. The number of halogens is 4. The molecule has 0 bridgehead atoms. The molecule has 0 spiro atoms. The van der Waals surface area contributed by atoms with Crippen LogP contribution in [0.5, 0.6) is 0 Å². The van der Waals surface area contributed by atoms with Crippen molar-refractivity contribution < 1.29 is 9.59 Å². The predicted molar refractivity (Wildman–Crippen MR) is 99.6 cm³/mol. The normalized spacial score (nSPS) is 10.4. The first kappa shape index (κ1) is 18.9. The summed E-state index contributed by atoms with van der Waals surface area (Å²) in [5.74, 6) is -0.865. The van der Waals surface area contributed by atoms with Crippen molar-refractivity contribution in [3.05, 3.63) is 56.5 Å². The van der Waals surface area contributed by atoms with Crippen LogP contribution >= 0.6 is 46.4 Å². The zero-order valence-corrected chi connectivity index (χ0v) is 15.5. The Kier molecular flexibility index (Phi) is 6.35. The zero-order valence-electron chi connectivity index (χ0n) is 12.4. The number of carbonyl (C=O) groups is 2. The van der Waals surface area contributed by atoms with E-state index in [1.807, 2.05) is 0 Å². The average molecular weight is 406 g/mol. The van der Waals surface area contributed by atoms with Crippen LogP contribution in [0.2, 0.25) is 20.1 Å². The van der Waals surface area contributed by atoms with Gasteiger partial charge in [-0.2, -0.15) is 0 Å². The highest BCUT2D eigenvalue weighted by atomic mass is 35.5. The molecule has 0 aliphatic carbocycles. The fourth-order valence-electron chi connectivity index (χ4n) is 1.87. The molecule has 4 nitrogen and oxygen atoms in total. The average Bonchev–Trinajstić information content (AvgIpc) is 2.52. The van der Waals surface area contributed by atoms with Crippen molar-refractivity contribution in [2.75, 3.05) is 17.3 Å². The van der Waals surface area contributed by atoms with Crippen molar-refractivity contribution in [1.29, 1.82) is 0 Å². The number of anilines is 2. The second-order valence-corrected chi connectivity index (χ2v) is 6.53. The summed E-state index contributed by atoms with van der Waals surface area (Å²) in [5.41, 5.74) is 0.996. The van der Waals surface area contributed by atoms with E-state index in [1.54, 1.807) is 37.4 Å². The summed E-state index contributed by atoms with van der Waals surface area (Å²) >= 11 is 23.5. The number of rotatable bonds is 4. The van der Waals surface area contributed by atoms with Gasteiger partial charge in [0.1, 0.15) is 6.42 Å². The number of nitrogens with zero attached hydrogens (tertiary/aromatic N) is 1. The Balaban J connectivity index is 2.01. The Labute approximate surface area is 159 Å². The van der Waals surface area contributed by atoms with Crippen LogP contribution in [0.1, 0.15) is 6.42 Å². The summed E-state index contributed by atoms with van der Waals surface area (Å²) in [7, 11) is 1.55. The maximum atomic E-state index is 12.2. The van der Waals surface area contributed by atoms with Gasteiger partial charge in [0.2, 0.25) is 11.8 Å². The first-order valence-electron chi connectivity index (χ1n) is 6.74. The van der Waals surface area contributed by atoms with Crippen LogP contribution in [0, 0.1) is 0 Å². The standard InChI is InChI=1S/C16H12Cl4N2O2/c1-22(10-3-5-12(18)14(20)7-10)16(24)8-15(23)21-9-2-4-11(17)13(19)6-9/h2-7H,8H2,1H3,(H,21,23). The van der Waals surface area contributed by atoms with Crippen LogP contribution in [0.15, 0.2) is 36.4 Å². The lowest BCUT2D eigenvalue weighted by molar-refractivity contribution is -0.125. The molecule has 24 heavy (non-hydrogen) atoms. The van der Waals surface area contributed by atoms with E-state index in [2.05, 4.69) is 5.32 Å². The molecule has 0 saturated heterocycles. The summed E-state index contributed by atoms with van der Waals surface area (Å²) in [5, 5.41) is 4.00. The van der Waals surface area contributed by atoms with Crippen LogP contribution in [0.4, 0.5) is 11.4 Å². The molecule has 2 aromatic carbocycles. The van der Waals surface area contributed by atoms with Gasteiger partial charge in [0, 0.05) is 18.4 Å². The molecule has 1 N–H and O–H groups in total. The van der Waals surface area contributed by atoms with Gasteiger partial charge in [0.15, 0.2) is 0 Å². The molecule has 0 atom stereocenters. The lowest BCUT2D eigenvalue weighted by Gasteiger charge is -2.17. The van der Waals surface area contributed by atoms with Crippen molar-refractivity contribution in [1.82, 2.24) is 0 Å². The summed E-state index contributed by atoms with van der Waals surface area (Å²) in [4.78, 5) is 25.5. The Morgan fingerprint density at radius 1 is 0.917 bits per heavy atom. The molecule has 2 amide bonds. The minimum absolute atomic E-state index is 0.314. The minimum Gasteiger partial charge on any atom is -0.326 e. The number of hydrogen-bond acceptors (Lipinski definition) is 2. The van der Waals surface area contributed by atoms with Gasteiger partial charge >= 0.3 is 0 Å². The number of carbonyl (C=O) groups excluding carboxylic acids is 2. The maximum absolute atomic E-state index is 12.2. The second kappa shape index (κ2) is 8.08. The molecule has 0 saturated carbocycles. The summed E-state index contributed by atoms with van der Waals surface area (Å²) in [6.45, 7) is 0.